The van der Waals surface area contributed by atoms with Crippen molar-refractivity contribution in [2.75, 3.05) is 24.1 Å². The SMILES string of the molecule is Cn1cccc1C(=O)NCCNC(=O)c1cccc(NS(C)(=O)=O)c1. The zero-order valence-electron chi connectivity index (χ0n) is 13.9. The van der Waals surface area contributed by atoms with E-state index >= 15 is 0 Å². The fourth-order valence-electron chi connectivity index (χ4n) is 2.18. The third-order valence-corrected chi connectivity index (χ3v) is 3.91. The van der Waals surface area contributed by atoms with Crippen LogP contribution in [0.5, 0.6) is 0 Å². The van der Waals surface area contributed by atoms with Crippen molar-refractivity contribution in [1.29, 1.82) is 0 Å². The molecule has 0 atom stereocenters. The Bertz CT molecular complexity index is 874. The maximum atomic E-state index is 12.1. The molecule has 0 saturated heterocycles. The molecule has 1 heterocycles. The summed E-state index contributed by atoms with van der Waals surface area (Å²) in [6, 6.07) is 9.63. The first-order valence-electron chi connectivity index (χ1n) is 7.52. The second-order valence-corrected chi connectivity index (χ2v) is 7.22. The van der Waals surface area contributed by atoms with E-state index < -0.39 is 10.0 Å². The van der Waals surface area contributed by atoms with Crippen LogP contribution in [-0.4, -0.2) is 44.1 Å². The average Bonchev–Trinajstić information content (AvgIpc) is 2.96. The lowest BCUT2D eigenvalue weighted by Crippen LogP contribution is -2.35. The Morgan fingerprint density at radius 2 is 1.72 bits per heavy atom. The van der Waals surface area contributed by atoms with Crippen molar-refractivity contribution in [3.8, 4) is 0 Å². The smallest absolute Gasteiger partial charge is 0.267 e. The highest BCUT2D eigenvalue weighted by atomic mass is 32.2. The van der Waals surface area contributed by atoms with Crippen molar-refractivity contribution in [2.45, 2.75) is 0 Å². The zero-order valence-corrected chi connectivity index (χ0v) is 14.8. The number of hydrogen-bond donors (Lipinski definition) is 3. The Morgan fingerprint density at radius 1 is 1.04 bits per heavy atom. The van der Waals surface area contributed by atoms with Gasteiger partial charge in [-0.15, -0.1) is 0 Å². The van der Waals surface area contributed by atoms with Crippen molar-refractivity contribution in [1.82, 2.24) is 15.2 Å². The van der Waals surface area contributed by atoms with E-state index in [2.05, 4.69) is 15.4 Å². The molecule has 3 N–H and O–H groups in total. The number of rotatable bonds is 7. The van der Waals surface area contributed by atoms with E-state index in [0.29, 0.717) is 16.9 Å². The van der Waals surface area contributed by atoms with Crippen LogP contribution in [0, 0.1) is 0 Å². The van der Waals surface area contributed by atoms with E-state index in [1.54, 1.807) is 48.1 Å². The van der Waals surface area contributed by atoms with E-state index in [-0.39, 0.29) is 24.9 Å². The summed E-state index contributed by atoms with van der Waals surface area (Å²) in [7, 11) is -1.63. The molecule has 0 radical (unpaired) electrons. The third-order valence-electron chi connectivity index (χ3n) is 3.30. The van der Waals surface area contributed by atoms with Crippen LogP contribution < -0.4 is 15.4 Å². The van der Waals surface area contributed by atoms with Gasteiger partial charge in [-0.1, -0.05) is 6.07 Å². The number of sulfonamides is 1. The zero-order chi connectivity index (χ0) is 18.4. The lowest BCUT2D eigenvalue weighted by Gasteiger charge is -2.09. The molecule has 1 aromatic carbocycles. The minimum atomic E-state index is -3.41. The number of anilines is 1. The molecule has 2 aromatic rings. The standard InChI is InChI=1S/C16H20N4O4S/c1-20-10-4-7-14(20)16(22)18-9-8-17-15(21)12-5-3-6-13(11-12)19-25(2,23)24/h3-7,10-11,19H,8-9H2,1-2H3,(H,17,21)(H,18,22). The third kappa shape index (κ3) is 5.64. The van der Waals surface area contributed by atoms with Gasteiger partial charge in [0.1, 0.15) is 5.69 Å². The molecule has 25 heavy (non-hydrogen) atoms. The molecule has 2 rings (SSSR count). The highest BCUT2D eigenvalue weighted by Crippen LogP contribution is 2.11. The second kappa shape index (κ2) is 7.84. The number of hydrogen-bond acceptors (Lipinski definition) is 4. The van der Waals surface area contributed by atoms with Crippen molar-refractivity contribution in [2.24, 2.45) is 7.05 Å². The molecule has 0 spiro atoms. The van der Waals surface area contributed by atoms with Gasteiger partial charge in [0.15, 0.2) is 0 Å². The number of benzene rings is 1. The van der Waals surface area contributed by atoms with Crippen LogP contribution in [0.1, 0.15) is 20.8 Å². The molecular formula is C16H20N4O4S. The summed E-state index contributed by atoms with van der Waals surface area (Å²) in [5.41, 5.74) is 1.17. The summed E-state index contributed by atoms with van der Waals surface area (Å²) >= 11 is 0. The summed E-state index contributed by atoms with van der Waals surface area (Å²) in [4.78, 5) is 24.0. The van der Waals surface area contributed by atoms with Gasteiger partial charge >= 0.3 is 0 Å². The van der Waals surface area contributed by atoms with Crippen molar-refractivity contribution < 1.29 is 18.0 Å². The summed E-state index contributed by atoms with van der Waals surface area (Å²) in [5, 5.41) is 5.38. The number of nitrogens with one attached hydrogen (secondary N) is 3. The van der Waals surface area contributed by atoms with Crippen LogP contribution in [-0.2, 0) is 17.1 Å². The van der Waals surface area contributed by atoms with Crippen LogP contribution >= 0.6 is 0 Å². The summed E-state index contributed by atoms with van der Waals surface area (Å²) in [6.07, 6.45) is 2.81. The lowest BCUT2D eigenvalue weighted by atomic mass is 10.2. The molecule has 0 aliphatic rings. The predicted octanol–water partition coefficient (Wildman–Crippen LogP) is 0.556. The van der Waals surface area contributed by atoms with Crippen molar-refractivity contribution in [3.05, 3.63) is 53.9 Å². The molecule has 1 aromatic heterocycles. The number of aryl methyl sites for hydroxylation is 1. The average molecular weight is 364 g/mol. The van der Waals surface area contributed by atoms with Crippen molar-refractivity contribution >= 4 is 27.5 Å². The van der Waals surface area contributed by atoms with Crippen molar-refractivity contribution in [3.63, 3.8) is 0 Å². The van der Waals surface area contributed by atoms with E-state index in [1.807, 2.05) is 0 Å². The van der Waals surface area contributed by atoms with Gasteiger partial charge in [0.05, 0.1) is 6.26 Å². The number of carbonyl (C=O) groups excluding carboxylic acids is 2. The van der Waals surface area contributed by atoms with Crippen LogP contribution in [0.25, 0.3) is 0 Å². The molecule has 0 saturated carbocycles. The van der Waals surface area contributed by atoms with Crippen LogP contribution in [0.3, 0.4) is 0 Å². The monoisotopic (exact) mass is 364 g/mol. The molecule has 0 unspecified atom stereocenters. The molecule has 0 bridgehead atoms. The minimum Gasteiger partial charge on any atom is -0.350 e. The highest BCUT2D eigenvalue weighted by Gasteiger charge is 2.10. The molecule has 0 fully saturated rings. The molecule has 134 valence electrons. The fourth-order valence-corrected chi connectivity index (χ4v) is 2.73. The van der Waals surface area contributed by atoms with Gasteiger partial charge in [-0.2, -0.15) is 0 Å². The normalized spacial score (nSPS) is 11.0. The topological polar surface area (TPSA) is 109 Å². The first-order chi connectivity index (χ1) is 11.8. The molecule has 9 heteroatoms. The van der Waals surface area contributed by atoms with Crippen LogP contribution in [0.2, 0.25) is 0 Å². The molecular weight excluding hydrogens is 344 g/mol. The summed E-state index contributed by atoms with van der Waals surface area (Å²) in [5.74, 6) is -0.577. The minimum absolute atomic E-state index is 0.221. The molecule has 2 amide bonds. The lowest BCUT2D eigenvalue weighted by molar-refractivity contribution is 0.0923. The van der Waals surface area contributed by atoms with Gasteiger partial charge in [-0.05, 0) is 30.3 Å². The summed E-state index contributed by atoms with van der Waals surface area (Å²) in [6.45, 7) is 0.524. The van der Waals surface area contributed by atoms with Gasteiger partial charge in [-0.25, -0.2) is 8.42 Å². The maximum Gasteiger partial charge on any atom is 0.267 e. The van der Waals surface area contributed by atoms with Crippen LogP contribution in [0.15, 0.2) is 42.6 Å². The Kier molecular flexibility index (Phi) is 5.81. The fraction of sp³-hybridized carbons (Fsp3) is 0.250. The highest BCUT2D eigenvalue weighted by molar-refractivity contribution is 7.92. The van der Waals surface area contributed by atoms with Gasteiger partial charge < -0.3 is 15.2 Å². The Labute approximate surface area is 146 Å². The molecule has 0 aliphatic heterocycles. The van der Waals surface area contributed by atoms with Gasteiger partial charge in [0.25, 0.3) is 11.8 Å². The van der Waals surface area contributed by atoms with E-state index in [9.17, 15) is 18.0 Å². The summed E-state index contributed by atoms with van der Waals surface area (Å²) < 4.78 is 26.5. The van der Waals surface area contributed by atoms with Gasteiger partial charge in [0, 0.05) is 37.6 Å². The first kappa shape index (κ1) is 18.5. The van der Waals surface area contributed by atoms with E-state index in [0.717, 1.165) is 6.26 Å². The molecule has 0 aliphatic carbocycles. The predicted molar refractivity (Wildman–Crippen MR) is 95.0 cm³/mol. The number of aromatic nitrogens is 1. The number of amides is 2. The maximum absolute atomic E-state index is 12.1. The second-order valence-electron chi connectivity index (χ2n) is 5.47. The Hall–Kier alpha value is -2.81. The first-order valence-corrected chi connectivity index (χ1v) is 9.41. The van der Waals surface area contributed by atoms with Gasteiger partial charge in [-0.3, -0.25) is 14.3 Å². The van der Waals surface area contributed by atoms with E-state index in [4.69, 9.17) is 0 Å². The molecule has 8 nitrogen and oxygen atoms in total. The Morgan fingerprint density at radius 3 is 2.32 bits per heavy atom. The van der Waals surface area contributed by atoms with Gasteiger partial charge in [0.2, 0.25) is 10.0 Å². The van der Waals surface area contributed by atoms with E-state index in [1.165, 1.54) is 6.07 Å². The number of nitrogens with zero attached hydrogens (tertiary/aromatic N) is 1. The largest absolute Gasteiger partial charge is 0.350 e. The van der Waals surface area contributed by atoms with Crippen LogP contribution in [0.4, 0.5) is 5.69 Å². The Balaban J connectivity index is 1.83. The quantitative estimate of drug-likeness (QED) is 0.624. The number of carbonyl (C=O) groups is 2.